The molecular weight excluding hydrogens is 114 g/mol. The summed E-state index contributed by atoms with van der Waals surface area (Å²) in [5.41, 5.74) is 0. The molecule has 0 amide bonds. The van der Waals surface area contributed by atoms with Crippen LogP contribution in [0.5, 0.6) is 0 Å². The van der Waals surface area contributed by atoms with E-state index in [0.717, 1.165) is 0 Å². The van der Waals surface area contributed by atoms with Crippen LogP contribution in [0.3, 0.4) is 0 Å². The van der Waals surface area contributed by atoms with Gasteiger partial charge in [0.25, 0.3) is 0 Å². The summed E-state index contributed by atoms with van der Waals surface area (Å²) in [4.78, 5) is 9.44. The molecule has 0 heterocycles. The summed E-state index contributed by atoms with van der Waals surface area (Å²) in [7, 11) is 0. The Labute approximate surface area is 103 Å². The van der Waals surface area contributed by atoms with Crippen LogP contribution in [0.4, 0.5) is 0 Å². The molecule has 3 heteroatoms. The van der Waals surface area contributed by atoms with Gasteiger partial charge in [-0.25, -0.2) is 0 Å². The van der Waals surface area contributed by atoms with Crippen molar-refractivity contribution >= 4 is 86.7 Å². The second-order valence-corrected chi connectivity index (χ2v) is 0.908. The average molecular weight is 122 g/mol. The van der Waals surface area contributed by atoms with E-state index in [9.17, 15) is 4.79 Å². The van der Waals surface area contributed by atoms with Crippen molar-refractivity contribution in [2.45, 2.75) is 13.8 Å². The van der Waals surface area contributed by atoms with E-state index in [2.05, 4.69) is 0 Å². The minimum atomic E-state index is 0. The van der Waals surface area contributed by atoms with Crippen LogP contribution in [0.15, 0.2) is 0 Å². The van der Waals surface area contributed by atoms with Crippen molar-refractivity contribution in [1.82, 2.24) is 0 Å². The van der Waals surface area contributed by atoms with E-state index in [1.807, 2.05) is 0 Å². The molecule has 0 aromatic rings. The van der Waals surface area contributed by atoms with Gasteiger partial charge in [-0.3, -0.25) is 0 Å². The van der Waals surface area contributed by atoms with Gasteiger partial charge in [0.15, 0.2) is 0 Å². The monoisotopic (exact) mass is 122 g/mol. The van der Waals surface area contributed by atoms with Gasteiger partial charge < -0.3 is 4.79 Å². The molecule has 0 unspecified atom stereocenters. The standard InChI is InChI=1S/C3H6O.K.Na.2H/c1-3(2)4;;;;/h1-2H3;;;;. The number of rotatable bonds is 0. The normalized spacial score (nSPS) is 4.33. The van der Waals surface area contributed by atoms with Gasteiger partial charge in [0, 0.05) is 0 Å². The number of carbonyl (C=O) groups is 1. The molecule has 0 aliphatic heterocycles. The first-order chi connectivity index (χ1) is 1.73. The maximum atomic E-state index is 9.44. The first-order valence-electron chi connectivity index (χ1n) is 1.20. The summed E-state index contributed by atoms with van der Waals surface area (Å²) in [6.45, 7) is 3.06. The topological polar surface area (TPSA) is 17.1 Å². The van der Waals surface area contributed by atoms with Crippen LogP contribution >= 0.6 is 0 Å². The van der Waals surface area contributed by atoms with Crippen LogP contribution in [-0.2, 0) is 4.79 Å². The second kappa shape index (κ2) is 10.3. The van der Waals surface area contributed by atoms with E-state index in [1.54, 1.807) is 0 Å². The Morgan fingerprint density at radius 1 is 1.33 bits per heavy atom. The summed E-state index contributed by atoms with van der Waals surface area (Å²) in [6, 6.07) is 0. The van der Waals surface area contributed by atoms with Crippen LogP contribution in [0.2, 0.25) is 0 Å². The number of Topliss-reactive ketones (excluding diaryl/α,β-unsaturated/α-hetero) is 1. The molecule has 0 aliphatic rings. The van der Waals surface area contributed by atoms with Crippen LogP contribution < -0.4 is 0 Å². The summed E-state index contributed by atoms with van der Waals surface area (Å²) in [6.07, 6.45) is 0. The number of ketones is 1. The van der Waals surface area contributed by atoms with E-state index < -0.39 is 0 Å². The minimum absolute atomic E-state index is 0. The van der Waals surface area contributed by atoms with Crippen molar-refractivity contribution < 1.29 is 4.79 Å². The molecule has 0 aliphatic carbocycles. The molecule has 0 saturated carbocycles. The molecule has 0 N–H and O–H groups in total. The fourth-order valence-electron chi connectivity index (χ4n) is 0. The number of hydrogen-bond donors (Lipinski definition) is 0. The van der Waals surface area contributed by atoms with Crippen molar-refractivity contribution in [1.29, 1.82) is 0 Å². The van der Waals surface area contributed by atoms with E-state index in [4.69, 9.17) is 0 Å². The van der Waals surface area contributed by atoms with Crippen LogP contribution in [0, 0.1) is 0 Å². The SMILES string of the molecule is CC(C)=O.[KH].[NaH]. The molecule has 6 heavy (non-hydrogen) atoms. The Morgan fingerprint density at radius 2 is 1.33 bits per heavy atom. The number of carbonyl (C=O) groups excluding carboxylic acids is 1. The van der Waals surface area contributed by atoms with Crippen molar-refractivity contribution in [2.24, 2.45) is 0 Å². The fraction of sp³-hybridized carbons (Fsp3) is 0.667. The van der Waals surface area contributed by atoms with Gasteiger partial charge in [-0.1, -0.05) is 0 Å². The van der Waals surface area contributed by atoms with E-state index >= 15 is 0 Å². The Kier molecular flexibility index (Phi) is 27.1. The first kappa shape index (κ1) is 15.7. The predicted molar refractivity (Wildman–Crippen MR) is 30.7 cm³/mol. The van der Waals surface area contributed by atoms with Crippen LogP contribution in [0.25, 0.3) is 0 Å². The molecule has 0 saturated heterocycles. The van der Waals surface area contributed by atoms with Gasteiger partial charge in [-0.2, -0.15) is 0 Å². The summed E-state index contributed by atoms with van der Waals surface area (Å²) in [5, 5.41) is 0. The number of hydrogen-bond acceptors (Lipinski definition) is 1. The van der Waals surface area contributed by atoms with Crippen molar-refractivity contribution in [3.8, 4) is 0 Å². The zero-order valence-corrected chi connectivity index (χ0v) is 2.91. The molecular formula is C3H8KNaO. The van der Waals surface area contributed by atoms with E-state index in [-0.39, 0.29) is 86.7 Å². The Bertz CT molecular complexity index is 33.8. The summed E-state index contributed by atoms with van der Waals surface area (Å²) >= 11 is 0. The van der Waals surface area contributed by atoms with Gasteiger partial charge in [-0.15, -0.1) is 0 Å². The van der Waals surface area contributed by atoms with Gasteiger partial charge in [0.05, 0.1) is 0 Å². The first-order valence-corrected chi connectivity index (χ1v) is 1.20. The Hall–Kier alpha value is 2.31. The third kappa shape index (κ3) is 33.4. The molecule has 0 aromatic carbocycles. The Morgan fingerprint density at radius 3 is 1.33 bits per heavy atom. The zero-order chi connectivity index (χ0) is 3.58. The average Bonchev–Trinajstić information content (AvgIpc) is 0.811. The molecule has 0 spiro atoms. The van der Waals surface area contributed by atoms with Gasteiger partial charge in [0.2, 0.25) is 0 Å². The quantitative estimate of drug-likeness (QED) is 0.388. The molecule has 1 nitrogen and oxygen atoms in total. The molecule has 0 bridgehead atoms. The third-order valence-electron chi connectivity index (χ3n) is 0. The van der Waals surface area contributed by atoms with Gasteiger partial charge >= 0.3 is 80.9 Å². The Balaban J connectivity index is -0.0000000450. The van der Waals surface area contributed by atoms with E-state index in [1.165, 1.54) is 13.8 Å². The van der Waals surface area contributed by atoms with Gasteiger partial charge in [0.1, 0.15) is 5.78 Å². The van der Waals surface area contributed by atoms with E-state index in [0.29, 0.717) is 0 Å². The third-order valence-corrected chi connectivity index (χ3v) is 0. The molecule has 0 atom stereocenters. The summed E-state index contributed by atoms with van der Waals surface area (Å²) in [5.74, 6) is 0.167. The van der Waals surface area contributed by atoms with Crippen molar-refractivity contribution in [3.05, 3.63) is 0 Å². The molecule has 0 aromatic heterocycles. The van der Waals surface area contributed by atoms with Crippen LogP contribution in [0.1, 0.15) is 13.8 Å². The van der Waals surface area contributed by atoms with Crippen molar-refractivity contribution in [3.63, 3.8) is 0 Å². The summed E-state index contributed by atoms with van der Waals surface area (Å²) < 4.78 is 0. The molecule has 28 valence electrons. The zero-order valence-electron chi connectivity index (χ0n) is 2.91. The maximum absolute atomic E-state index is 9.44. The van der Waals surface area contributed by atoms with Crippen molar-refractivity contribution in [2.75, 3.05) is 0 Å². The molecule has 0 radical (unpaired) electrons. The van der Waals surface area contributed by atoms with Gasteiger partial charge in [-0.05, 0) is 13.8 Å². The fourth-order valence-corrected chi connectivity index (χ4v) is 0. The predicted octanol–water partition coefficient (Wildman–Crippen LogP) is -0.702. The second-order valence-electron chi connectivity index (χ2n) is 0.908. The molecule has 0 fully saturated rings. The molecule has 0 rings (SSSR count). The van der Waals surface area contributed by atoms with Crippen LogP contribution in [-0.4, -0.2) is 86.7 Å².